The van der Waals surface area contributed by atoms with Crippen LogP contribution in [0.3, 0.4) is 0 Å². The molecule has 2 aromatic carbocycles. The number of aromatic nitrogens is 2. The van der Waals surface area contributed by atoms with Gasteiger partial charge in [0, 0.05) is 21.5 Å². The number of benzene rings is 2. The fourth-order valence-electron chi connectivity index (χ4n) is 2.75. The van der Waals surface area contributed by atoms with Crippen molar-refractivity contribution in [1.82, 2.24) is 9.97 Å². The fourth-order valence-corrected chi connectivity index (χ4v) is 4.66. The van der Waals surface area contributed by atoms with Crippen LogP contribution in [0.2, 0.25) is 0 Å². The first-order chi connectivity index (χ1) is 12.8. The Morgan fingerprint density at radius 3 is 2.62 bits per heavy atom. The van der Waals surface area contributed by atoms with E-state index in [0.29, 0.717) is 0 Å². The fraction of sp³-hybridized carbons (Fsp3) is 0.0909. The zero-order valence-corrected chi connectivity index (χ0v) is 16.1. The largest absolute Gasteiger partial charge is 0.231 e. The molecule has 2 aromatic heterocycles. The van der Waals surface area contributed by atoms with Gasteiger partial charge in [-0.05, 0) is 47.7 Å². The van der Waals surface area contributed by atoms with Crippen molar-refractivity contribution in [2.24, 2.45) is 0 Å². The van der Waals surface area contributed by atoms with Gasteiger partial charge >= 0.3 is 0 Å². The molecular formula is C22H18N2S2. The molecule has 4 heteroatoms. The monoisotopic (exact) mass is 374 g/mol. The Bertz CT molecular complexity index is 1050. The first-order valence-corrected chi connectivity index (χ1v) is 10.3. The van der Waals surface area contributed by atoms with E-state index in [1.165, 1.54) is 26.1 Å². The third-order valence-electron chi connectivity index (χ3n) is 4.15. The molecule has 0 unspecified atom stereocenters. The smallest absolute Gasteiger partial charge is 0.188 e. The molecule has 0 spiro atoms. The molecular weight excluding hydrogens is 356 g/mol. The van der Waals surface area contributed by atoms with Crippen molar-refractivity contribution in [3.05, 3.63) is 88.6 Å². The zero-order valence-electron chi connectivity index (χ0n) is 14.4. The summed E-state index contributed by atoms with van der Waals surface area (Å²) < 4.78 is 1.33. The summed E-state index contributed by atoms with van der Waals surface area (Å²) in [6.45, 7) is 2.18. The second-order valence-corrected chi connectivity index (χ2v) is 7.99. The normalized spacial score (nSPS) is 11.4. The van der Waals surface area contributed by atoms with Crippen molar-refractivity contribution in [2.75, 3.05) is 0 Å². The van der Waals surface area contributed by atoms with Crippen LogP contribution in [0.25, 0.3) is 22.2 Å². The maximum Gasteiger partial charge on any atom is 0.188 e. The van der Waals surface area contributed by atoms with Gasteiger partial charge in [-0.3, -0.25) is 0 Å². The molecule has 0 radical (unpaired) electrons. The number of hydrogen-bond acceptors (Lipinski definition) is 4. The second-order valence-electron chi connectivity index (χ2n) is 5.96. The van der Waals surface area contributed by atoms with Crippen LogP contribution in [-0.2, 0) is 5.75 Å². The lowest BCUT2D eigenvalue weighted by Crippen LogP contribution is -1.89. The highest BCUT2D eigenvalue weighted by Crippen LogP contribution is 2.31. The van der Waals surface area contributed by atoms with Crippen LogP contribution in [0, 0.1) is 6.92 Å². The van der Waals surface area contributed by atoms with Crippen molar-refractivity contribution in [3.63, 3.8) is 0 Å². The van der Waals surface area contributed by atoms with E-state index in [2.05, 4.69) is 77.6 Å². The van der Waals surface area contributed by atoms with E-state index in [0.717, 1.165) is 16.6 Å². The van der Waals surface area contributed by atoms with Crippen LogP contribution in [-0.4, -0.2) is 9.97 Å². The minimum absolute atomic E-state index is 0.809. The summed E-state index contributed by atoms with van der Waals surface area (Å²) in [5.41, 5.74) is 3.55. The van der Waals surface area contributed by atoms with Crippen molar-refractivity contribution in [1.29, 1.82) is 0 Å². The van der Waals surface area contributed by atoms with E-state index < -0.39 is 0 Å². The zero-order chi connectivity index (χ0) is 17.8. The van der Waals surface area contributed by atoms with Gasteiger partial charge in [0.15, 0.2) is 5.16 Å². The van der Waals surface area contributed by atoms with Gasteiger partial charge in [-0.1, -0.05) is 60.3 Å². The van der Waals surface area contributed by atoms with Gasteiger partial charge < -0.3 is 0 Å². The Hall–Kier alpha value is -2.43. The number of thioether (sulfide) groups is 1. The van der Waals surface area contributed by atoms with Crippen molar-refractivity contribution in [3.8, 4) is 0 Å². The molecule has 0 saturated heterocycles. The average molecular weight is 375 g/mol. The lowest BCUT2D eigenvalue weighted by atomic mass is 10.1. The first kappa shape index (κ1) is 17.0. The summed E-state index contributed by atoms with van der Waals surface area (Å²) >= 11 is 3.48. The van der Waals surface area contributed by atoms with E-state index in [1.54, 1.807) is 11.8 Å². The van der Waals surface area contributed by atoms with Crippen LogP contribution >= 0.6 is 23.1 Å². The van der Waals surface area contributed by atoms with Crippen LogP contribution in [0.4, 0.5) is 0 Å². The van der Waals surface area contributed by atoms with E-state index in [-0.39, 0.29) is 0 Å². The predicted molar refractivity (Wildman–Crippen MR) is 114 cm³/mol. The SMILES string of the molecule is Cc1c(C=Cc2ccnc(SCc3ccccc3)n2)sc2ccccc12. The predicted octanol–water partition coefficient (Wildman–Crippen LogP) is 6.46. The second kappa shape index (κ2) is 7.85. The summed E-state index contributed by atoms with van der Waals surface area (Å²) in [5.74, 6) is 0.878. The highest BCUT2D eigenvalue weighted by Gasteiger charge is 2.05. The van der Waals surface area contributed by atoms with E-state index >= 15 is 0 Å². The standard InChI is InChI=1S/C22H18N2S2/c1-16-19-9-5-6-10-21(19)26-20(16)12-11-18-13-14-23-22(24-18)25-15-17-7-3-2-4-8-17/h2-14H,15H2,1H3. The molecule has 26 heavy (non-hydrogen) atoms. The van der Waals surface area contributed by atoms with Gasteiger partial charge in [-0.15, -0.1) is 11.3 Å². The Balaban J connectivity index is 1.51. The number of hydrogen-bond donors (Lipinski definition) is 0. The van der Waals surface area contributed by atoms with Gasteiger partial charge in [0.05, 0.1) is 5.69 Å². The third-order valence-corrected chi connectivity index (χ3v) is 6.32. The van der Waals surface area contributed by atoms with Gasteiger partial charge in [0.1, 0.15) is 0 Å². The number of thiophene rings is 1. The maximum atomic E-state index is 4.66. The average Bonchev–Trinajstić information content (AvgIpc) is 3.02. The van der Waals surface area contributed by atoms with E-state index in [4.69, 9.17) is 0 Å². The lowest BCUT2D eigenvalue weighted by Gasteiger charge is -2.01. The third kappa shape index (κ3) is 3.87. The lowest BCUT2D eigenvalue weighted by molar-refractivity contribution is 0.957. The topological polar surface area (TPSA) is 25.8 Å². The minimum atomic E-state index is 0.809. The summed E-state index contributed by atoms with van der Waals surface area (Å²) in [4.78, 5) is 10.3. The molecule has 0 atom stereocenters. The van der Waals surface area contributed by atoms with E-state index in [1.807, 2.05) is 29.7 Å². The Morgan fingerprint density at radius 1 is 0.962 bits per heavy atom. The van der Waals surface area contributed by atoms with Gasteiger partial charge in [0.2, 0.25) is 0 Å². The molecule has 128 valence electrons. The summed E-state index contributed by atoms with van der Waals surface area (Å²) in [7, 11) is 0. The highest BCUT2D eigenvalue weighted by molar-refractivity contribution is 7.98. The van der Waals surface area contributed by atoms with Crippen LogP contribution in [0.5, 0.6) is 0 Å². The van der Waals surface area contributed by atoms with Crippen LogP contribution in [0.1, 0.15) is 21.7 Å². The summed E-state index contributed by atoms with van der Waals surface area (Å²) in [6.07, 6.45) is 6.07. The van der Waals surface area contributed by atoms with Crippen molar-refractivity contribution < 1.29 is 0 Å². The number of fused-ring (bicyclic) bond motifs is 1. The van der Waals surface area contributed by atoms with Gasteiger partial charge in [-0.2, -0.15) is 0 Å². The molecule has 2 nitrogen and oxygen atoms in total. The molecule has 0 fully saturated rings. The van der Waals surface area contributed by atoms with Crippen molar-refractivity contribution >= 4 is 45.3 Å². The molecule has 0 saturated carbocycles. The molecule has 0 aliphatic rings. The Labute approximate surface area is 161 Å². The van der Waals surface area contributed by atoms with Crippen LogP contribution < -0.4 is 0 Å². The number of aryl methyl sites for hydroxylation is 1. The molecule has 0 aliphatic heterocycles. The molecule has 0 amide bonds. The Kier molecular flexibility index (Phi) is 5.14. The Morgan fingerprint density at radius 2 is 1.77 bits per heavy atom. The van der Waals surface area contributed by atoms with Gasteiger partial charge in [0.25, 0.3) is 0 Å². The molecule has 2 heterocycles. The minimum Gasteiger partial charge on any atom is -0.231 e. The maximum absolute atomic E-state index is 4.66. The molecule has 4 rings (SSSR count). The van der Waals surface area contributed by atoms with Crippen LogP contribution in [0.15, 0.2) is 72.0 Å². The number of rotatable bonds is 5. The summed E-state index contributed by atoms with van der Waals surface area (Å²) in [6, 6.07) is 20.9. The summed E-state index contributed by atoms with van der Waals surface area (Å²) in [5, 5.41) is 2.14. The molecule has 0 N–H and O–H groups in total. The quantitative estimate of drug-likeness (QED) is 0.296. The molecule has 0 bridgehead atoms. The molecule has 4 aromatic rings. The van der Waals surface area contributed by atoms with Crippen molar-refractivity contribution in [2.45, 2.75) is 17.8 Å². The van der Waals surface area contributed by atoms with E-state index in [9.17, 15) is 0 Å². The highest BCUT2D eigenvalue weighted by atomic mass is 32.2. The first-order valence-electron chi connectivity index (χ1n) is 8.45. The van der Waals surface area contributed by atoms with Gasteiger partial charge in [-0.25, -0.2) is 9.97 Å². The molecule has 0 aliphatic carbocycles. The number of nitrogens with zero attached hydrogens (tertiary/aromatic N) is 2.